The molecule has 9 nitrogen and oxygen atoms in total. The Bertz CT molecular complexity index is 1270. The molecule has 2 aliphatic rings. The van der Waals surface area contributed by atoms with Crippen LogP contribution < -0.4 is 4.90 Å². The number of ether oxygens (including phenoxy) is 1. The average Bonchev–Trinajstić information content (AvgIpc) is 3.46. The second-order valence-electron chi connectivity index (χ2n) is 10.1. The number of imide groups is 1. The molecule has 2 amide bonds. The Hall–Kier alpha value is -3.56. The van der Waals surface area contributed by atoms with E-state index < -0.39 is 17.9 Å². The third-order valence-corrected chi connectivity index (χ3v) is 6.32. The van der Waals surface area contributed by atoms with Gasteiger partial charge in [0.2, 0.25) is 5.91 Å². The van der Waals surface area contributed by atoms with Crippen molar-refractivity contribution in [3.63, 3.8) is 0 Å². The highest BCUT2D eigenvalue weighted by Gasteiger charge is 2.34. The van der Waals surface area contributed by atoms with Gasteiger partial charge in [-0.2, -0.15) is 5.10 Å². The number of pyridine rings is 2. The minimum atomic E-state index is -0.830. The molecule has 184 valence electrons. The summed E-state index contributed by atoms with van der Waals surface area (Å²) < 4.78 is 20.9. The van der Waals surface area contributed by atoms with E-state index in [0.29, 0.717) is 25.9 Å². The summed E-state index contributed by atoms with van der Waals surface area (Å²) in [5.74, 6) is 0.462. The Balaban J connectivity index is 1.36. The van der Waals surface area contributed by atoms with Gasteiger partial charge >= 0.3 is 6.09 Å². The molecule has 0 aromatic carbocycles. The number of halogens is 1. The molecule has 3 aromatic heterocycles. The number of amides is 2. The summed E-state index contributed by atoms with van der Waals surface area (Å²) in [6.07, 6.45) is 5.21. The first-order chi connectivity index (χ1) is 16.7. The summed E-state index contributed by atoms with van der Waals surface area (Å²) in [4.78, 5) is 37.4. The lowest BCUT2D eigenvalue weighted by molar-refractivity contribution is -0.133. The van der Waals surface area contributed by atoms with Crippen LogP contribution in [0.1, 0.15) is 46.1 Å². The Morgan fingerprint density at radius 3 is 2.71 bits per heavy atom. The van der Waals surface area contributed by atoms with E-state index in [2.05, 4.69) is 10.1 Å². The molecule has 2 aliphatic heterocycles. The maximum absolute atomic E-state index is 13.7. The normalized spacial score (nSPS) is 21.1. The second-order valence-corrected chi connectivity index (χ2v) is 10.1. The van der Waals surface area contributed by atoms with Crippen LogP contribution in [0.2, 0.25) is 0 Å². The van der Waals surface area contributed by atoms with Crippen molar-refractivity contribution in [2.45, 2.75) is 57.8 Å². The predicted octanol–water partition coefficient (Wildman–Crippen LogP) is 4.14. The number of hydrogen-bond donors (Lipinski definition) is 0. The average molecular weight is 481 g/mol. The molecule has 2 fully saturated rings. The number of nitrogens with zero attached hydrogens (tertiary/aromatic N) is 6. The first-order valence-electron chi connectivity index (χ1n) is 11.9. The van der Waals surface area contributed by atoms with Gasteiger partial charge in [0, 0.05) is 43.0 Å². The van der Waals surface area contributed by atoms with E-state index in [1.165, 1.54) is 4.90 Å². The molecule has 35 heavy (non-hydrogen) atoms. The summed E-state index contributed by atoms with van der Waals surface area (Å²) in [7, 11) is 0. The van der Waals surface area contributed by atoms with Gasteiger partial charge in [-0.15, -0.1) is 0 Å². The number of aromatic nitrogens is 4. The van der Waals surface area contributed by atoms with Crippen molar-refractivity contribution in [2.75, 3.05) is 24.5 Å². The standard InChI is InChI=1S/C25H29FN6O3/c1-25(2,3)35-24(34)31-11-8-18(12-22(31)33)32-14-16(13-28-32)19-6-9-27-20-4-5-21(29-23(19)20)30-10-7-17(26)15-30/h4-6,9,13-14,17-18H,7-8,10-12,15H2,1-3H3. The van der Waals surface area contributed by atoms with Crippen LogP contribution in [0.25, 0.3) is 22.2 Å². The van der Waals surface area contributed by atoms with Crippen molar-refractivity contribution in [1.29, 1.82) is 0 Å². The van der Waals surface area contributed by atoms with Gasteiger partial charge in [0.1, 0.15) is 17.6 Å². The van der Waals surface area contributed by atoms with Gasteiger partial charge < -0.3 is 9.64 Å². The number of anilines is 1. The van der Waals surface area contributed by atoms with E-state index in [4.69, 9.17) is 9.72 Å². The summed E-state index contributed by atoms with van der Waals surface area (Å²) in [6, 6.07) is 5.52. The number of alkyl halides is 1. The van der Waals surface area contributed by atoms with Crippen LogP contribution in [0.4, 0.5) is 15.0 Å². The van der Waals surface area contributed by atoms with E-state index in [1.54, 1.807) is 37.8 Å². The molecule has 2 atom stereocenters. The largest absolute Gasteiger partial charge is 0.443 e. The summed E-state index contributed by atoms with van der Waals surface area (Å²) in [5, 5.41) is 4.52. The van der Waals surface area contributed by atoms with Gasteiger partial charge in [-0.1, -0.05) is 0 Å². The van der Waals surface area contributed by atoms with Crippen LogP contribution in [-0.2, 0) is 9.53 Å². The Labute approximate surface area is 202 Å². The van der Waals surface area contributed by atoms with Gasteiger partial charge in [-0.05, 0) is 51.8 Å². The summed E-state index contributed by atoms with van der Waals surface area (Å²) >= 11 is 0. The predicted molar refractivity (Wildman–Crippen MR) is 129 cm³/mol. The highest BCUT2D eigenvalue weighted by Crippen LogP contribution is 2.31. The molecule has 0 spiro atoms. The zero-order valence-electron chi connectivity index (χ0n) is 20.1. The van der Waals surface area contributed by atoms with Crippen molar-refractivity contribution in [3.8, 4) is 11.1 Å². The van der Waals surface area contributed by atoms with Gasteiger partial charge in [0.15, 0.2) is 0 Å². The van der Waals surface area contributed by atoms with Crippen LogP contribution in [0.15, 0.2) is 36.8 Å². The third-order valence-electron chi connectivity index (χ3n) is 6.32. The molecule has 0 N–H and O–H groups in total. The smallest absolute Gasteiger partial charge is 0.417 e. The third kappa shape index (κ3) is 4.82. The molecule has 5 rings (SSSR count). The van der Waals surface area contributed by atoms with Crippen LogP contribution >= 0.6 is 0 Å². The molecule has 2 saturated heterocycles. The van der Waals surface area contributed by atoms with Gasteiger partial charge in [-0.25, -0.2) is 19.1 Å². The zero-order valence-corrected chi connectivity index (χ0v) is 20.1. The quantitative estimate of drug-likeness (QED) is 0.556. The number of likely N-dealkylation sites (tertiary alicyclic amines) is 1. The number of rotatable bonds is 3. The van der Waals surface area contributed by atoms with Crippen molar-refractivity contribution >= 4 is 28.9 Å². The molecule has 0 aliphatic carbocycles. The van der Waals surface area contributed by atoms with E-state index in [1.807, 2.05) is 29.3 Å². The topological polar surface area (TPSA) is 93.4 Å². The van der Waals surface area contributed by atoms with E-state index >= 15 is 0 Å². The SMILES string of the molecule is CC(C)(C)OC(=O)N1CCC(n2cc(-c3ccnc4ccc(N5CCC(F)C5)nc34)cn2)CC1=O. The van der Waals surface area contributed by atoms with Gasteiger partial charge in [-0.3, -0.25) is 14.5 Å². The van der Waals surface area contributed by atoms with Crippen molar-refractivity contribution in [1.82, 2.24) is 24.6 Å². The van der Waals surface area contributed by atoms with Crippen LogP contribution in [0, 0.1) is 0 Å². The molecule has 10 heteroatoms. The lowest BCUT2D eigenvalue weighted by atomic mass is 10.0. The lowest BCUT2D eigenvalue weighted by Crippen LogP contribution is -2.45. The first kappa shape index (κ1) is 23.2. The van der Waals surface area contributed by atoms with E-state index in [9.17, 15) is 14.0 Å². The Morgan fingerprint density at radius 2 is 2.00 bits per heavy atom. The summed E-state index contributed by atoms with van der Waals surface area (Å²) in [5.41, 5.74) is 2.54. The number of fused-ring (bicyclic) bond motifs is 1. The first-order valence-corrected chi connectivity index (χ1v) is 11.9. The molecule has 0 saturated carbocycles. The lowest BCUT2D eigenvalue weighted by Gasteiger charge is -2.32. The number of carbonyl (C=O) groups is 2. The molecular formula is C25H29FN6O3. The molecule has 3 aromatic rings. The molecule has 0 bridgehead atoms. The molecule has 0 radical (unpaired) electrons. The fourth-order valence-electron chi connectivity index (χ4n) is 4.58. The summed E-state index contributed by atoms with van der Waals surface area (Å²) in [6.45, 7) is 6.60. The van der Waals surface area contributed by atoms with Crippen LogP contribution in [-0.4, -0.2) is 68.1 Å². The second kappa shape index (κ2) is 8.90. The number of carbonyl (C=O) groups excluding carboxylic acids is 2. The molecule has 2 unspecified atom stereocenters. The monoisotopic (exact) mass is 480 g/mol. The highest BCUT2D eigenvalue weighted by atomic mass is 19.1. The van der Waals surface area contributed by atoms with Gasteiger partial charge in [0.05, 0.1) is 29.8 Å². The number of hydrogen-bond acceptors (Lipinski definition) is 7. The van der Waals surface area contributed by atoms with Crippen molar-refractivity contribution in [2.24, 2.45) is 0 Å². The maximum Gasteiger partial charge on any atom is 0.417 e. The minimum Gasteiger partial charge on any atom is -0.443 e. The Kier molecular flexibility index (Phi) is 5.90. The zero-order chi connectivity index (χ0) is 24.7. The van der Waals surface area contributed by atoms with E-state index in [0.717, 1.165) is 28.0 Å². The molecular weight excluding hydrogens is 451 g/mol. The maximum atomic E-state index is 13.7. The van der Waals surface area contributed by atoms with Crippen LogP contribution in [0.5, 0.6) is 0 Å². The number of piperidine rings is 1. The fourth-order valence-corrected chi connectivity index (χ4v) is 4.58. The van der Waals surface area contributed by atoms with Crippen molar-refractivity contribution < 1.29 is 18.7 Å². The Morgan fingerprint density at radius 1 is 1.17 bits per heavy atom. The minimum absolute atomic E-state index is 0.155. The highest BCUT2D eigenvalue weighted by molar-refractivity contribution is 5.93. The van der Waals surface area contributed by atoms with E-state index in [-0.39, 0.29) is 24.9 Å². The fraction of sp³-hybridized carbons (Fsp3) is 0.480. The van der Waals surface area contributed by atoms with Gasteiger partial charge in [0.25, 0.3) is 0 Å². The van der Waals surface area contributed by atoms with Crippen LogP contribution in [0.3, 0.4) is 0 Å². The molecule has 5 heterocycles. The van der Waals surface area contributed by atoms with Crippen molar-refractivity contribution in [3.05, 3.63) is 36.8 Å².